The van der Waals surface area contributed by atoms with Crippen LogP contribution in [0.2, 0.25) is 0 Å². The van der Waals surface area contributed by atoms with Crippen molar-refractivity contribution in [1.82, 2.24) is 0 Å². The second kappa shape index (κ2) is 5.97. The Kier molecular flexibility index (Phi) is 4.49. The number of thiophene rings is 1. The van der Waals surface area contributed by atoms with Gasteiger partial charge in [0.1, 0.15) is 5.75 Å². The van der Waals surface area contributed by atoms with Crippen molar-refractivity contribution >= 4 is 33.0 Å². The van der Waals surface area contributed by atoms with E-state index in [0.717, 1.165) is 10.9 Å². The largest absolute Gasteiger partial charge is 0.573 e. The zero-order chi connectivity index (χ0) is 14.8. The first-order valence-corrected chi connectivity index (χ1v) is 7.13. The maximum absolute atomic E-state index is 12.3. The molecule has 1 aromatic carbocycles. The molecule has 0 saturated carbocycles. The summed E-state index contributed by atoms with van der Waals surface area (Å²) in [4.78, 5) is 12.9. The molecule has 0 saturated heterocycles. The number of carbonyl (C=O) groups is 1. The summed E-state index contributed by atoms with van der Waals surface area (Å²) in [5, 5.41) is 1.80. The van der Waals surface area contributed by atoms with Crippen LogP contribution in [0, 0.1) is 0 Å². The van der Waals surface area contributed by atoms with E-state index in [1.54, 1.807) is 17.5 Å². The number of Topliss-reactive ketones (excluding diaryl/α,β-unsaturated/α-hetero) is 1. The number of carbonyl (C=O) groups excluding carboxylic acids is 1. The number of hydrogen-bond donors (Lipinski definition) is 0. The van der Waals surface area contributed by atoms with Gasteiger partial charge in [0.2, 0.25) is 0 Å². The lowest BCUT2D eigenvalue weighted by Gasteiger charge is -2.12. The average Bonchev–Trinajstić information content (AvgIpc) is 2.79. The second-order valence-corrected chi connectivity index (χ2v) is 5.82. The highest BCUT2D eigenvalue weighted by Gasteiger charge is 2.33. The van der Waals surface area contributed by atoms with E-state index in [1.165, 1.54) is 23.5 Å². The molecule has 0 unspecified atom stereocenters. The molecule has 7 heteroatoms. The molecule has 0 atom stereocenters. The Morgan fingerprint density at radius 2 is 2.05 bits per heavy atom. The Hall–Kier alpha value is -1.34. The molecule has 0 radical (unpaired) electrons. The van der Waals surface area contributed by atoms with Crippen molar-refractivity contribution in [2.45, 2.75) is 12.8 Å². The van der Waals surface area contributed by atoms with Gasteiger partial charge in [-0.15, -0.1) is 24.5 Å². The average molecular weight is 365 g/mol. The Bertz CT molecular complexity index is 609. The monoisotopic (exact) mass is 364 g/mol. The van der Waals surface area contributed by atoms with E-state index in [2.05, 4.69) is 20.7 Å². The van der Waals surface area contributed by atoms with Crippen LogP contribution in [-0.2, 0) is 6.42 Å². The van der Waals surface area contributed by atoms with Crippen LogP contribution in [0.5, 0.6) is 5.75 Å². The normalized spacial score (nSPS) is 11.4. The van der Waals surface area contributed by atoms with Crippen LogP contribution in [0.25, 0.3) is 0 Å². The van der Waals surface area contributed by atoms with Gasteiger partial charge < -0.3 is 4.74 Å². The van der Waals surface area contributed by atoms with Crippen LogP contribution in [0.15, 0.2) is 40.2 Å². The van der Waals surface area contributed by atoms with Crippen molar-refractivity contribution in [3.05, 3.63) is 50.6 Å². The summed E-state index contributed by atoms with van der Waals surface area (Å²) in [5.74, 6) is -0.910. The van der Waals surface area contributed by atoms with Gasteiger partial charge in [-0.05, 0) is 29.6 Å². The molecule has 2 rings (SSSR count). The van der Waals surface area contributed by atoms with Gasteiger partial charge in [-0.1, -0.05) is 22.0 Å². The lowest BCUT2D eigenvalue weighted by molar-refractivity contribution is -0.274. The van der Waals surface area contributed by atoms with Crippen LogP contribution in [0.4, 0.5) is 13.2 Å². The Balaban J connectivity index is 2.28. The fourth-order valence-corrected chi connectivity index (χ4v) is 2.65. The third kappa shape index (κ3) is 4.08. The van der Waals surface area contributed by atoms with Crippen LogP contribution < -0.4 is 4.74 Å². The van der Waals surface area contributed by atoms with Gasteiger partial charge >= 0.3 is 6.36 Å². The maximum atomic E-state index is 12.3. The molecule has 0 aliphatic rings. The molecule has 106 valence electrons. The topological polar surface area (TPSA) is 26.3 Å². The highest BCUT2D eigenvalue weighted by Crippen LogP contribution is 2.30. The quantitative estimate of drug-likeness (QED) is 0.726. The number of benzene rings is 1. The lowest BCUT2D eigenvalue weighted by atomic mass is 10.1. The van der Waals surface area contributed by atoms with Gasteiger partial charge in [0.25, 0.3) is 0 Å². The van der Waals surface area contributed by atoms with Gasteiger partial charge in [-0.2, -0.15) is 0 Å². The predicted molar refractivity (Wildman–Crippen MR) is 73.2 cm³/mol. The molecule has 0 aliphatic heterocycles. The Labute approximate surface area is 125 Å². The molecule has 0 fully saturated rings. The van der Waals surface area contributed by atoms with Crippen molar-refractivity contribution in [3.8, 4) is 5.75 Å². The van der Waals surface area contributed by atoms with Crippen LogP contribution in [0.1, 0.15) is 15.2 Å². The number of halogens is 4. The summed E-state index contributed by atoms with van der Waals surface area (Å²) in [6.07, 6.45) is -4.79. The van der Waals surface area contributed by atoms with Gasteiger partial charge in [0.15, 0.2) is 5.78 Å². The third-order valence-electron chi connectivity index (χ3n) is 2.38. The second-order valence-electron chi connectivity index (χ2n) is 3.87. The van der Waals surface area contributed by atoms with E-state index in [0.29, 0.717) is 4.47 Å². The molecule has 0 spiro atoms. The summed E-state index contributed by atoms with van der Waals surface area (Å²) >= 11 is 4.43. The zero-order valence-electron chi connectivity index (χ0n) is 9.91. The van der Waals surface area contributed by atoms with E-state index >= 15 is 0 Å². The van der Waals surface area contributed by atoms with Gasteiger partial charge in [-0.3, -0.25) is 4.79 Å². The molecule has 2 aromatic rings. The minimum absolute atomic E-state index is 0.0491. The van der Waals surface area contributed by atoms with Crippen LogP contribution >= 0.6 is 27.3 Å². The maximum Gasteiger partial charge on any atom is 0.573 e. The smallest absolute Gasteiger partial charge is 0.405 e. The molecule has 0 bridgehead atoms. The summed E-state index contributed by atoms with van der Waals surface area (Å²) < 4.78 is 41.4. The molecular formula is C13H8BrF3O2S. The third-order valence-corrected chi connectivity index (χ3v) is 3.75. The molecule has 0 N–H and O–H groups in total. The fourth-order valence-electron chi connectivity index (χ4n) is 1.60. The highest BCUT2D eigenvalue weighted by atomic mass is 79.9. The van der Waals surface area contributed by atoms with Crippen molar-refractivity contribution in [3.63, 3.8) is 0 Å². The zero-order valence-corrected chi connectivity index (χ0v) is 12.3. The molecule has 1 aromatic heterocycles. The number of ketones is 1. The first kappa shape index (κ1) is 15.1. The van der Waals surface area contributed by atoms with E-state index in [4.69, 9.17) is 0 Å². The van der Waals surface area contributed by atoms with E-state index in [-0.39, 0.29) is 12.0 Å². The van der Waals surface area contributed by atoms with Gasteiger partial charge in [0.05, 0.1) is 5.56 Å². The Morgan fingerprint density at radius 1 is 1.30 bits per heavy atom. The van der Waals surface area contributed by atoms with Gasteiger partial charge in [-0.25, -0.2) is 0 Å². The SMILES string of the molecule is O=C(Cc1cccs1)c1ccc(Br)cc1OC(F)(F)F. The minimum Gasteiger partial charge on any atom is -0.405 e. The summed E-state index contributed by atoms with van der Waals surface area (Å²) in [7, 11) is 0. The predicted octanol–water partition coefficient (Wildman–Crippen LogP) is 4.83. The van der Waals surface area contributed by atoms with E-state index < -0.39 is 17.9 Å². The molecule has 20 heavy (non-hydrogen) atoms. The first-order valence-electron chi connectivity index (χ1n) is 5.46. The minimum atomic E-state index is -4.83. The molecule has 0 amide bonds. The highest BCUT2D eigenvalue weighted by molar-refractivity contribution is 9.10. The number of hydrogen-bond acceptors (Lipinski definition) is 3. The number of rotatable bonds is 4. The summed E-state index contributed by atoms with van der Waals surface area (Å²) in [6, 6.07) is 7.49. The van der Waals surface area contributed by atoms with Crippen molar-refractivity contribution in [2.75, 3.05) is 0 Å². The van der Waals surface area contributed by atoms with Crippen molar-refractivity contribution in [2.24, 2.45) is 0 Å². The standard InChI is InChI=1S/C13H8BrF3O2S/c14-8-3-4-10(12(6-8)19-13(15,16)17)11(18)7-9-2-1-5-20-9/h1-6H,7H2. The number of ether oxygens (including phenoxy) is 1. The molecule has 2 nitrogen and oxygen atoms in total. The first-order chi connectivity index (χ1) is 9.35. The summed E-state index contributed by atoms with van der Waals surface area (Å²) in [6.45, 7) is 0. The molecular weight excluding hydrogens is 357 g/mol. The summed E-state index contributed by atoms with van der Waals surface area (Å²) in [5.41, 5.74) is -0.0843. The fraction of sp³-hybridized carbons (Fsp3) is 0.154. The van der Waals surface area contributed by atoms with E-state index in [1.807, 2.05) is 0 Å². The van der Waals surface area contributed by atoms with Gasteiger partial charge in [0, 0.05) is 15.8 Å². The van der Waals surface area contributed by atoms with Crippen molar-refractivity contribution in [1.29, 1.82) is 0 Å². The molecule has 0 aliphatic carbocycles. The molecule has 1 heterocycles. The van der Waals surface area contributed by atoms with Crippen molar-refractivity contribution < 1.29 is 22.7 Å². The van der Waals surface area contributed by atoms with Crippen LogP contribution in [0.3, 0.4) is 0 Å². The van der Waals surface area contributed by atoms with E-state index in [9.17, 15) is 18.0 Å². The lowest BCUT2D eigenvalue weighted by Crippen LogP contribution is -2.19. The number of alkyl halides is 3. The van der Waals surface area contributed by atoms with Crippen LogP contribution in [-0.4, -0.2) is 12.1 Å². The Morgan fingerprint density at radius 3 is 2.65 bits per heavy atom.